The molecule has 0 heterocycles. The Kier molecular flexibility index (Phi) is 6.67. The number of carbonyl (C=O) groups is 2. The van der Waals surface area contributed by atoms with Gasteiger partial charge in [0.15, 0.2) is 5.56 Å². The highest BCUT2D eigenvalue weighted by molar-refractivity contribution is 6.67. The summed E-state index contributed by atoms with van der Waals surface area (Å²) in [6, 6.07) is 6.15. The summed E-state index contributed by atoms with van der Waals surface area (Å²) >= 11 is 11.2. The van der Waals surface area contributed by atoms with Crippen LogP contribution in [0.15, 0.2) is 24.3 Å². The van der Waals surface area contributed by atoms with E-state index in [-0.39, 0.29) is 6.42 Å². The average molecular weight is 305 g/mol. The van der Waals surface area contributed by atoms with Crippen LogP contribution in [0.4, 0.5) is 0 Å². The van der Waals surface area contributed by atoms with Gasteiger partial charge in [0.05, 0.1) is 13.0 Å². The summed E-state index contributed by atoms with van der Waals surface area (Å²) in [6.07, 6.45) is 0.714. The van der Waals surface area contributed by atoms with Crippen molar-refractivity contribution in [3.8, 4) is 5.75 Å². The normalized spacial score (nSPS) is 11.7. The average Bonchev–Trinajstić information content (AvgIpc) is 2.36. The highest BCUT2D eigenvalue weighted by Crippen LogP contribution is 2.17. The number of halogens is 2. The molecule has 1 aromatic rings. The van der Waals surface area contributed by atoms with Gasteiger partial charge in [-0.15, -0.1) is 0 Å². The van der Waals surface area contributed by atoms with E-state index in [0.29, 0.717) is 17.9 Å². The maximum absolute atomic E-state index is 11.3. The zero-order valence-electron chi connectivity index (χ0n) is 10.4. The second-order valence-electron chi connectivity index (χ2n) is 3.75. The molecule has 0 saturated carbocycles. The Morgan fingerprint density at radius 2 is 1.89 bits per heavy atom. The van der Waals surface area contributed by atoms with Gasteiger partial charge < -0.3 is 9.47 Å². The van der Waals surface area contributed by atoms with E-state index >= 15 is 0 Å². The van der Waals surface area contributed by atoms with Gasteiger partial charge in [0.1, 0.15) is 5.75 Å². The Morgan fingerprint density at radius 3 is 2.42 bits per heavy atom. The molecule has 0 saturated heterocycles. The summed E-state index contributed by atoms with van der Waals surface area (Å²) in [6.45, 7) is 2.27. The molecule has 0 radical (unpaired) electrons. The van der Waals surface area contributed by atoms with Gasteiger partial charge in [-0.1, -0.05) is 18.5 Å². The molecule has 1 unspecified atom stereocenters. The molecular formula is C13H14Cl2O4. The van der Waals surface area contributed by atoms with Gasteiger partial charge in [-0.05, 0) is 42.3 Å². The molecule has 4 nitrogen and oxygen atoms in total. The van der Waals surface area contributed by atoms with Crippen LogP contribution in [0.25, 0.3) is 0 Å². The van der Waals surface area contributed by atoms with Crippen molar-refractivity contribution in [3.05, 3.63) is 29.8 Å². The highest BCUT2D eigenvalue weighted by Gasteiger charge is 2.13. The molecule has 1 rings (SSSR count). The number of hydrogen-bond donors (Lipinski definition) is 0. The van der Waals surface area contributed by atoms with Crippen LogP contribution in [-0.2, 0) is 9.53 Å². The van der Waals surface area contributed by atoms with Crippen LogP contribution >= 0.6 is 23.2 Å². The van der Waals surface area contributed by atoms with Crippen molar-refractivity contribution in [3.63, 3.8) is 0 Å². The second kappa shape index (κ2) is 8.02. The first-order chi connectivity index (χ1) is 9.02. The third-order valence-electron chi connectivity index (χ3n) is 2.14. The molecule has 0 aliphatic heterocycles. The van der Waals surface area contributed by atoms with E-state index in [1.165, 1.54) is 12.1 Å². The first-order valence-electron chi connectivity index (χ1n) is 5.79. The second-order valence-corrected chi connectivity index (χ2v) is 4.58. The van der Waals surface area contributed by atoms with Crippen molar-refractivity contribution in [1.82, 2.24) is 0 Å². The molecule has 6 heteroatoms. The zero-order chi connectivity index (χ0) is 14.3. The van der Waals surface area contributed by atoms with Crippen molar-refractivity contribution in [1.29, 1.82) is 0 Å². The molecule has 0 fully saturated rings. The molecule has 0 bridgehead atoms. The first kappa shape index (κ1) is 15.8. The Labute approximate surface area is 121 Å². The van der Waals surface area contributed by atoms with Crippen molar-refractivity contribution >= 4 is 34.4 Å². The van der Waals surface area contributed by atoms with Gasteiger partial charge in [0.25, 0.3) is 5.24 Å². The Bertz CT molecular complexity index is 431. The minimum Gasteiger partial charge on any atom is -0.474 e. The summed E-state index contributed by atoms with van der Waals surface area (Å²) in [4.78, 5) is 22.2. The minimum atomic E-state index is -0.818. The number of ether oxygens (including phenoxy) is 2. The molecule has 0 aromatic heterocycles. The number of carbonyl (C=O) groups excluding carboxylic acids is 2. The van der Waals surface area contributed by atoms with Crippen molar-refractivity contribution in [2.75, 3.05) is 6.61 Å². The summed E-state index contributed by atoms with van der Waals surface area (Å²) < 4.78 is 10.2. The molecule has 0 aliphatic carbocycles. The molecule has 0 N–H and O–H groups in total. The Hall–Kier alpha value is -1.26. The van der Waals surface area contributed by atoms with Gasteiger partial charge in [0.2, 0.25) is 0 Å². The first-order valence-corrected chi connectivity index (χ1v) is 6.60. The fraction of sp³-hybridized carbons (Fsp3) is 0.385. The van der Waals surface area contributed by atoms with E-state index in [1.54, 1.807) is 12.1 Å². The number of alkyl halides is 1. The van der Waals surface area contributed by atoms with E-state index in [2.05, 4.69) is 0 Å². The predicted molar refractivity (Wildman–Crippen MR) is 72.8 cm³/mol. The summed E-state index contributed by atoms with van der Waals surface area (Å²) in [5.41, 5.74) is -0.454. The maximum Gasteiger partial charge on any atom is 0.310 e. The van der Waals surface area contributed by atoms with E-state index in [9.17, 15) is 9.59 Å². The Morgan fingerprint density at radius 1 is 1.26 bits per heavy atom. The topological polar surface area (TPSA) is 52.6 Å². The van der Waals surface area contributed by atoms with Gasteiger partial charge in [-0.3, -0.25) is 9.59 Å². The molecule has 1 atom stereocenters. The van der Waals surface area contributed by atoms with Crippen LogP contribution in [-0.4, -0.2) is 23.4 Å². The van der Waals surface area contributed by atoms with E-state index in [0.717, 1.165) is 6.42 Å². The molecule has 104 valence electrons. The fourth-order valence-electron chi connectivity index (χ4n) is 1.26. The minimum absolute atomic E-state index is 0.0439. The predicted octanol–water partition coefficient (Wildman–Crippen LogP) is 3.35. The van der Waals surface area contributed by atoms with Crippen molar-refractivity contribution < 1.29 is 19.1 Å². The van der Waals surface area contributed by atoms with Gasteiger partial charge in [-0.25, -0.2) is 0 Å². The molecule has 1 aromatic carbocycles. The lowest BCUT2D eigenvalue weighted by molar-refractivity contribution is -0.144. The lowest BCUT2D eigenvalue weighted by Gasteiger charge is -2.12. The monoisotopic (exact) mass is 304 g/mol. The van der Waals surface area contributed by atoms with Crippen molar-refractivity contribution in [2.24, 2.45) is 0 Å². The third-order valence-corrected chi connectivity index (χ3v) is 2.60. The van der Waals surface area contributed by atoms with Crippen LogP contribution in [0.2, 0.25) is 0 Å². The fourth-order valence-corrected chi connectivity index (χ4v) is 1.61. The zero-order valence-corrected chi connectivity index (χ0v) is 11.9. The van der Waals surface area contributed by atoms with Gasteiger partial charge in [0, 0.05) is 5.56 Å². The quantitative estimate of drug-likeness (QED) is 0.440. The lowest BCUT2D eigenvalue weighted by Crippen LogP contribution is -2.17. The van der Waals surface area contributed by atoms with Crippen LogP contribution in [0.1, 0.15) is 30.1 Å². The summed E-state index contributed by atoms with van der Waals surface area (Å²) in [7, 11) is 0. The smallest absolute Gasteiger partial charge is 0.310 e. The van der Waals surface area contributed by atoms with Crippen LogP contribution in [0.5, 0.6) is 5.75 Å². The van der Waals surface area contributed by atoms with Gasteiger partial charge in [-0.2, -0.15) is 0 Å². The van der Waals surface area contributed by atoms with E-state index < -0.39 is 16.8 Å². The van der Waals surface area contributed by atoms with Gasteiger partial charge >= 0.3 is 5.97 Å². The Balaban J connectivity index is 2.45. The van der Waals surface area contributed by atoms with Crippen LogP contribution < -0.4 is 4.74 Å². The lowest BCUT2D eigenvalue weighted by atomic mass is 10.2. The summed E-state index contributed by atoms with van der Waals surface area (Å²) in [5.74, 6) is 0.0411. The standard InChI is InChI=1S/C13H14Cl2O4/c1-2-7-18-12(16)8-11(14)19-10-5-3-9(4-6-10)13(15)17/h3-6,11H,2,7-8H2,1H3. The highest BCUT2D eigenvalue weighted by atomic mass is 35.5. The SMILES string of the molecule is CCCOC(=O)CC(Cl)Oc1ccc(C(=O)Cl)cc1. The molecule has 0 aliphatic rings. The number of esters is 1. The largest absolute Gasteiger partial charge is 0.474 e. The van der Waals surface area contributed by atoms with E-state index in [4.69, 9.17) is 32.7 Å². The molecule has 0 spiro atoms. The van der Waals surface area contributed by atoms with Crippen LogP contribution in [0.3, 0.4) is 0 Å². The number of benzene rings is 1. The third kappa shape index (κ3) is 5.94. The number of hydrogen-bond acceptors (Lipinski definition) is 4. The van der Waals surface area contributed by atoms with Crippen molar-refractivity contribution in [2.45, 2.75) is 25.3 Å². The van der Waals surface area contributed by atoms with Crippen LogP contribution in [0, 0.1) is 0 Å². The summed E-state index contributed by atoms with van der Waals surface area (Å²) in [5, 5.41) is -0.544. The maximum atomic E-state index is 11.3. The number of rotatable bonds is 7. The molecule has 0 amide bonds. The molecular weight excluding hydrogens is 291 g/mol. The van der Waals surface area contributed by atoms with E-state index in [1.807, 2.05) is 6.92 Å². The molecule has 19 heavy (non-hydrogen) atoms.